The zero-order valence-corrected chi connectivity index (χ0v) is 10.5. The summed E-state index contributed by atoms with van der Waals surface area (Å²) in [5.74, 6) is 0.427. The summed E-state index contributed by atoms with van der Waals surface area (Å²) in [6.07, 6.45) is 1.63. The number of halogens is 1. The van der Waals surface area contributed by atoms with E-state index in [4.69, 9.17) is 0 Å². The molecular formula is C14H20FNO. The van der Waals surface area contributed by atoms with Crippen LogP contribution in [-0.2, 0) is 0 Å². The van der Waals surface area contributed by atoms with Gasteiger partial charge in [0.15, 0.2) is 0 Å². The van der Waals surface area contributed by atoms with E-state index in [1.807, 2.05) is 6.07 Å². The van der Waals surface area contributed by atoms with Gasteiger partial charge in [-0.15, -0.1) is 0 Å². The van der Waals surface area contributed by atoms with E-state index in [1.54, 1.807) is 13.0 Å². The van der Waals surface area contributed by atoms with Crippen molar-refractivity contribution in [2.45, 2.75) is 32.8 Å². The minimum absolute atomic E-state index is 0.222. The van der Waals surface area contributed by atoms with Crippen LogP contribution in [0.1, 0.15) is 38.4 Å². The van der Waals surface area contributed by atoms with Gasteiger partial charge in [0.2, 0.25) is 0 Å². The minimum Gasteiger partial charge on any atom is -0.389 e. The van der Waals surface area contributed by atoms with E-state index in [1.165, 1.54) is 6.07 Å². The summed E-state index contributed by atoms with van der Waals surface area (Å²) in [6, 6.07) is 4.94. The zero-order chi connectivity index (χ0) is 12.4. The second-order valence-corrected chi connectivity index (χ2v) is 4.86. The number of hydrogen-bond acceptors (Lipinski definition) is 2. The second kappa shape index (κ2) is 5.05. The van der Waals surface area contributed by atoms with Gasteiger partial charge in [-0.3, -0.25) is 0 Å². The van der Waals surface area contributed by atoms with Gasteiger partial charge in [-0.1, -0.05) is 25.5 Å². The highest BCUT2D eigenvalue weighted by Gasteiger charge is 2.26. The number of hydrogen-bond donors (Lipinski definition) is 1. The molecule has 2 atom stereocenters. The van der Waals surface area contributed by atoms with E-state index in [0.29, 0.717) is 17.2 Å². The lowest BCUT2D eigenvalue weighted by atomic mass is 10.1. The van der Waals surface area contributed by atoms with Crippen molar-refractivity contribution in [1.82, 2.24) is 0 Å². The van der Waals surface area contributed by atoms with Gasteiger partial charge in [0.1, 0.15) is 5.82 Å². The van der Waals surface area contributed by atoms with Crippen LogP contribution in [0.15, 0.2) is 18.2 Å². The number of nitrogens with zero attached hydrogens (tertiary/aromatic N) is 1. The van der Waals surface area contributed by atoms with E-state index < -0.39 is 6.10 Å². The fourth-order valence-corrected chi connectivity index (χ4v) is 2.57. The van der Waals surface area contributed by atoms with E-state index in [-0.39, 0.29) is 5.82 Å². The summed E-state index contributed by atoms with van der Waals surface area (Å²) in [6.45, 7) is 5.65. The van der Waals surface area contributed by atoms with Crippen LogP contribution in [0.3, 0.4) is 0 Å². The molecular weight excluding hydrogens is 217 g/mol. The van der Waals surface area contributed by atoms with Crippen LogP contribution in [0.5, 0.6) is 0 Å². The van der Waals surface area contributed by atoms with Gasteiger partial charge in [0, 0.05) is 18.7 Å². The second-order valence-electron chi connectivity index (χ2n) is 4.86. The number of anilines is 1. The van der Waals surface area contributed by atoms with Crippen LogP contribution in [-0.4, -0.2) is 18.2 Å². The van der Waals surface area contributed by atoms with Crippen molar-refractivity contribution in [3.63, 3.8) is 0 Å². The maximum Gasteiger partial charge on any atom is 0.146 e. The molecule has 1 N–H and O–H groups in total. The van der Waals surface area contributed by atoms with Gasteiger partial charge >= 0.3 is 0 Å². The average molecular weight is 237 g/mol. The SMILES string of the molecule is CCC1CCN(c2c(F)cccc2[C@H](C)O)C1. The van der Waals surface area contributed by atoms with Crippen LogP contribution < -0.4 is 4.90 Å². The third kappa shape index (κ3) is 2.44. The maximum atomic E-state index is 13.9. The topological polar surface area (TPSA) is 23.5 Å². The Bertz CT molecular complexity index is 392. The lowest BCUT2D eigenvalue weighted by Crippen LogP contribution is -2.22. The van der Waals surface area contributed by atoms with Gasteiger partial charge in [0.05, 0.1) is 11.8 Å². The van der Waals surface area contributed by atoms with Crippen molar-refractivity contribution in [3.8, 4) is 0 Å². The lowest BCUT2D eigenvalue weighted by Gasteiger charge is -2.23. The molecule has 17 heavy (non-hydrogen) atoms. The molecule has 94 valence electrons. The van der Waals surface area contributed by atoms with Crippen molar-refractivity contribution < 1.29 is 9.50 Å². The first-order valence-corrected chi connectivity index (χ1v) is 6.35. The standard InChI is InChI=1S/C14H20FNO/c1-3-11-7-8-16(9-11)14-12(10(2)17)5-4-6-13(14)15/h4-6,10-11,17H,3,7-9H2,1-2H3/t10-,11?/m0/s1. The Morgan fingerprint density at radius 2 is 2.29 bits per heavy atom. The summed E-state index contributed by atoms with van der Waals surface area (Å²) >= 11 is 0. The number of aliphatic hydroxyl groups is 1. The Morgan fingerprint density at radius 3 is 2.88 bits per heavy atom. The first kappa shape index (κ1) is 12.4. The molecule has 0 amide bonds. The predicted molar refractivity (Wildman–Crippen MR) is 67.6 cm³/mol. The average Bonchev–Trinajstić information content (AvgIpc) is 2.76. The number of rotatable bonds is 3. The van der Waals surface area contributed by atoms with Gasteiger partial charge in [-0.05, 0) is 25.3 Å². The highest BCUT2D eigenvalue weighted by molar-refractivity contribution is 5.56. The Kier molecular flexibility index (Phi) is 3.67. The summed E-state index contributed by atoms with van der Waals surface area (Å²) in [5, 5.41) is 9.72. The van der Waals surface area contributed by atoms with Crippen LogP contribution >= 0.6 is 0 Å². The quantitative estimate of drug-likeness (QED) is 0.873. The van der Waals surface area contributed by atoms with Crippen LogP contribution in [0.4, 0.5) is 10.1 Å². The predicted octanol–water partition coefficient (Wildman–Crippen LogP) is 3.12. The molecule has 3 heteroatoms. The van der Waals surface area contributed by atoms with E-state index in [2.05, 4.69) is 11.8 Å². The van der Waals surface area contributed by atoms with Gasteiger partial charge < -0.3 is 10.0 Å². The smallest absolute Gasteiger partial charge is 0.146 e. The van der Waals surface area contributed by atoms with Gasteiger partial charge in [-0.2, -0.15) is 0 Å². The zero-order valence-electron chi connectivity index (χ0n) is 10.5. The molecule has 1 aromatic carbocycles. The normalized spacial score (nSPS) is 21.9. The highest BCUT2D eigenvalue weighted by Crippen LogP contribution is 2.33. The van der Waals surface area contributed by atoms with Crippen LogP contribution in [0.25, 0.3) is 0 Å². The van der Waals surface area contributed by atoms with Gasteiger partial charge in [0.25, 0.3) is 0 Å². The van der Waals surface area contributed by atoms with Crippen molar-refractivity contribution in [3.05, 3.63) is 29.6 Å². The van der Waals surface area contributed by atoms with Crippen molar-refractivity contribution in [1.29, 1.82) is 0 Å². The Balaban J connectivity index is 2.31. The van der Waals surface area contributed by atoms with Crippen LogP contribution in [0.2, 0.25) is 0 Å². The molecule has 0 bridgehead atoms. The Hall–Kier alpha value is -1.09. The summed E-state index contributed by atoms with van der Waals surface area (Å²) in [4.78, 5) is 2.07. The molecule has 0 radical (unpaired) electrons. The molecule has 0 saturated carbocycles. The number of para-hydroxylation sites is 1. The van der Waals surface area contributed by atoms with Gasteiger partial charge in [-0.25, -0.2) is 4.39 Å². The van der Waals surface area contributed by atoms with E-state index in [0.717, 1.165) is 25.9 Å². The molecule has 0 spiro atoms. The molecule has 1 fully saturated rings. The molecule has 1 heterocycles. The Morgan fingerprint density at radius 1 is 1.53 bits per heavy atom. The first-order valence-electron chi connectivity index (χ1n) is 6.35. The molecule has 1 aromatic rings. The third-order valence-electron chi connectivity index (χ3n) is 3.65. The molecule has 0 aromatic heterocycles. The molecule has 1 saturated heterocycles. The summed E-state index contributed by atoms with van der Waals surface area (Å²) < 4.78 is 13.9. The monoisotopic (exact) mass is 237 g/mol. The molecule has 1 unspecified atom stereocenters. The Labute approximate surface area is 102 Å². The lowest BCUT2D eigenvalue weighted by molar-refractivity contribution is 0.199. The van der Waals surface area contributed by atoms with Crippen LogP contribution in [0, 0.1) is 11.7 Å². The van der Waals surface area contributed by atoms with Crippen molar-refractivity contribution in [2.75, 3.05) is 18.0 Å². The van der Waals surface area contributed by atoms with Crippen molar-refractivity contribution in [2.24, 2.45) is 5.92 Å². The van der Waals surface area contributed by atoms with E-state index >= 15 is 0 Å². The maximum absolute atomic E-state index is 13.9. The highest BCUT2D eigenvalue weighted by atomic mass is 19.1. The molecule has 0 aliphatic carbocycles. The largest absolute Gasteiger partial charge is 0.389 e. The fourth-order valence-electron chi connectivity index (χ4n) is 2.57. The first-order chi connectivity index (χ1) is 8.13. The summed E-state index contributed by atoms with van der Waals surface area (Å²) in [5.41, 5.74) is 1.29. The number of aliphatic hydroxyl groups excluding tert-OH is 1. The molecule has 2 rings (SSSR count). The van der Waals surface area contributed by atoms with E-state index in [9.17, 15) is 9.50 Å². The summed E-state index contributed by atoms with van der Waals surface area (Å²) in [7, 11) is 0. The molecule has 1 aliphatic rings. The fraction of sp³-hybridized carbons (Fsp3) is 0.571. The number of benzene rings is 1. The minimum atomic E-state index is -0.624. The molecule has 1 aliphatic heterocycles. The molecule has 2 nitrogen and oxygen atoms in total. The van der Waals surface area contributed by atoms with Crippen molar-refractivity contribution >= 4 is 5.69 Å². The third-order valence-corrected chi connectivity index (χ3v) is 3.65.